The maximum absolute atomic E-state index is 7.04. The van der Waals surface area contributed by atoms with Gasteiger partial charge in [-0.2, -0.15) is 0 Å². The molecule has 0 amide bonds. The van der Waals surface area contributed by atoms with Crippen LogP contribution in [0, 0.1) is 5.41 Å². The van der Waals surface area contributed by atoms with Crippen LogP contribution < -0.4 is 5.73 Å². The summed E-state index contributed by atoms with van der Waals surface area (Å²) in [7, 11) is 0. The van der Waals surface area contributed by atoms with Gasteiger partial charge in [0.25, 0.3) is 0 Å². The van der Waals surface area contributed by atoms with E-state index in [4.69, 9.17) is 11.1 Å². The SMILES string of the molecule is CCn1cc(/C(N)=C/C=N)c2cccnc21. The molecule has 2 aromatic rings. The molecular weight excluding hydrogens is 200 g/mol. The Hall–Kier alpha value is -2.10. The largest absolute Gasteiger partial charge is 0.398 e. The average molecular weight is 214 g/mol. The van der Waals surface area contributed by atoms with E-state index in [0.29, 0.717) is 5.70 Å². The first kappa shape index (κ1) is 10.4. The molecule has 0 aliphatic heterocycles. The fraction of sp³-hybridized carbons (Fsp3) is 0.167. The third-order valence-corrected chi connectivity index (χ3v) is 2.55. The molecule has 0 spiro atoms. The van der Waals surface area contributed by atoms with Crippen LogP contribution in [0.25, 0.3) is 16.7 Å². The average Bonchev–Trinajstić information content (AvgIpc) is 2.68. The topological polar surface area (TPSA) is 67.7 Å². The van der Waals surface area contributed by atoms with Crippen molar-refractivity contribution in [3.8, 4) is 0 Å². The van der Waals surface area contributed by atoms with Crippen molar-refractivity contribution in [3.05, 3.63) is 36.2 Å². The second-order valence-corrected chi connectivity index (χ2v) is 3.49. The minimum absolute atomic E-state index is 0.597. The van der Waals surface area contributed by atoms with E-state index in [1.807, 2.05) is 18.3 Å². The summed E-state index contributed by atoms with van der Waals surface area (Å²) in [6, 6.07) is 3.89. The van der Waals surface area contributed by atoms with Crippen LogP contribution in [0.1, 0.15) is 12.5 Å². The monoisotopic (exact) mass is 214 g/mol. The number of allylic oxidation sites excluding steroid dienone is 1. The number of hydrogen-bond donors (Lipinski definition) is 2. The van der Waals surface area contributed by atoms with Crippen LogP contribution >= 0.6 is 0 Å². The van der Waals surface area contributed by atoms with E-state index < -0.39 is 0 Å². The van der Waals surface area contributed by atoms with E-state index >= 15 is 0 Å². The predicted octanol–water partition coefficient (Wildman–Crippen LogP) is 2.01. The summed E-state index contributed by atoms with van der Waals surface area (Å²) in [6.45, 7) is 2.92. The molecule has 16 heavy (non-hydrogen) atoms. The van der Waals surface area contributed by atoms with Crippen LogP contribution in [0.2, 0.25) is 0 Å². The lowest BCUT2D eigenvalue weighted by molar-refractivity contribution is 0.787. The summed E-state index contributed by atoms with van der Waals surface area (Å²) in [5, 5.41) is 8.07. The first-order valence-corrected chi connectivity index (χ1v) is 5.18. The van der Waals surface area contributed by atoms with E-state index in [9.17, 15) is 0 Å². The van der Waals surface area contributed by atoms with Gasteiger partial charge in [-0.25, -0.2) is 4.98 Å². The number of aromatic nitrogens is 2. The minimum Gasteiger partial charge on any atom is -0.398 e. The van der Waals surface area contributed by atoms with Gasteiger partial charge in [-0.05, 0) is 25.1 Å². The Labute approximate surface area is 93.9 Å². The van der Waals surface area contributed by atoms with Crippen molar-refractivity contribution in [1.29, 1.82) is 5.41 Å². The van der Waals surface area contributed by atoms with Gasteiger partial charge in [0.15, 0.2) is 0 Å². The fourth-order valence-electron chi connectivity index (χ4n) is 1.77. The lowest BCUT2D eigenvalue weighted by Gasteiger charge is -1.96. The number of nitrogens with zero attached hydrogens (tertiary/aromatic N) is 2. The quantitative estimate of drug-likeness (QED) is 0.767. The number of pyridine rings is 1. The van der Waals surface area contributed by atoms with Gasteiger partial charge in [-0.1, -0.05) is 0 Å². The Kier molecular flexibility index (Phi) is 2.72. The lowest BCUT2D eigenvalue weighted by atomic mass is 10.1. The van der Waals surface area contributed by atoms with Gasteiger partial charge in [-0.15, -0.1) is 0 Å². The van der Waals surface area contributed by atoms with Gasteiger partial charge in [0.2, 0.25) is 0 Å². The number of aryl methyl sites for hydroxylation is 1. The Balaban J connectivity index is 2.71. The van der Waals surface area contributed by atoms with Gasteiger partial charge in [-0.3, -0.25) is 0 Å². The van der Waals surface area contributed by atoms with E-state index in [2.05, 4.69) is 16.5 Å². The van der Waals surface area contributed by atoms with E-state index in [1.165, 1.54) is 6.21 Å². The molecule has 0 unspecified atom stereocenters. The number of hydrogen-bond acceptors (Lipinski definition) is 3. The van der Waals surface area contributed by atoms with E-state index in [-0.39, 0.29) is 0 Å². The third kappa shape index (κ3) is 1.58. The number of fused-ring (bicyclic) bond motifs is 1. The second kappa shape index (κ2) is 4.18. The predicted molar refractivity (Wildman–Crippen MR) is 66.4 cm³/mol. The molecule has 0 atom stereocenters. The molecule has 4 nitrogen and oxygen atoms in total. The standard InChI is InChI=1S/C12H14N4/c1-2-16-8-10(11(14)5-6-13)9-4-3-7-15-12(9)16/h3-8,13H,2,14H2,1H3/b11-5-,13-6?. The van der Waals surface area contributed by atoms with Crippen LogP contribution in [-0.4, -0.2) is 15.8 Å². The highest BCUT2D eigenvalue weighted by molar-refractivity contribution is 5.93. The number of rotatable bonds is 3. The Bertz CT molecular complexity index is 551. The normalized spacial score (nSPS) is 11.9. The van der Waals surface area contributed by atoms with Gasteiger partial charge in [0, 0.05) is 41.8 Å². The molecule has 3 N–H and O–H groups in total. The smallest absolute Gasteiger partial charge is 0.140 e. The number of nitrogens with one attached hydrogen (secondary N) is 1. The Morgan fingerprint density at radius 2 is 2.44 bits per heavy atom. The molecule has 2 rings (SSSR count). The highest BCUT2D eigenvalue weighted by Gasteiger charge is 2.09. The molecule has 0 aliphatic carbocycles. The first-order valence-electron chi connectivity index (χ1n) is 5.18. The summed E-state index contributed by atoms with van der Waals surface area (Å²) in [5.74, 6) is 0. The molecule has 0 bridgehead atoms. The maximum Gasteiger partial charge on any atom is 0.140 e. The maximum atomic E-state index is 7.04. The van der Waals surface area contributed by atoms with E-state index in [1.54, 1.807) is 12.3 Å². The molecule has 0 fully saturated rings. The van der Waals surface area contributed by atoms with Gasteiger partial charge in [0.05, 0.1) is 0 Å². The minimum atomic E-state index is 0.597. The zero-order valence-electron chi connectivity index (χ0n) is 9.14. The van der Waals surface area contributed by atoms with Crippen LogP contribution in [0.5, 0.6) is 0 Å². The van der Waals surface area contributed by atoms with Crippen molar-refractivity contribution in [2.75, 3.05) is 0 Å². The van der Waals surface area contributed by atoms with Crippen molar-refractivity contribution in [3.63, 3.8) is 0 Å². The zero-order valence-corrected chi connectivity index (χ0v) is 9.14. The van der Waals surface area contributed by atoms with Gasteiger partial charge < -0.3 is 15.7 Å². The summed E-state index contributed by atoms with van der Waals surface area (Å²) in [6.07, 6.45) is 6.53. The third-order valence-electron chi connectivity index (χ3n) is 2.55. The van der Waals surface area contributed by atoms with Crippen molar-refractivity contribution in [1.82, 2.24) is 9.55 Å². The summed E-state index contributed by atoms with van der Waals surface area (Å²) < 4.78 is 2.05. The first-order chi connectivity index (χ1) is 7.77. The van der Waals surface area contributed by atoms with Crippen molar-refractivity contribution in [2.45, 2.75) is 13.5 Å². The number of nitrogens with two attached hydrogens (primary N) is 1. The second-order valence-electron chi connectivity index (χ2n) is 3.49. The Morgan fingerprint density at radius 3 is 3.12 bits per heavy atom. The lowest BCUT2D eigenvalue weighted by Crippen LogP contribution is -1.96. The van der Waals surface area contributed by atoms with E-state index in [0.717, 1.165) is 23.1 Å². The molecular formula is C12H14N4. The zero-order chi connectivity index (χ0) is 11.5. The molecule has 0 radical (unpaired) electrons. The molecule has 2 aromatic heterocycles. The van der Waals surface area contributed by atoms with Crippen molar-refractivity contribution in [2.24, 2.45) is 5.73 Å². The van der Waals surface area contributed by atoms with Gasteiger partial charge >= 0.3 is 0 Å². The van der Waals surface area contributed by atoms with Crippen molar-refractivity contribution < 1.29 is 0 Å². The molecule has 0 saturated heterocycles. The van der Waals surface area contributed by atoms with Crippen LogP contribution in [-0.2, 0) is 6.54 Å². The summed E-state index contributed by atoms with van der Waals surface area (Å²) in [5.41, 5.74) is 8.38. The highest BCUT2D eigenvalue weighted by atomic mass is 15.0. The van der Waals surface area contributed by atoms with Crippen LogP contribution in [0.15, 0.2) is 30.6 Å². The molecule has 4 heteroatoms. The highest BCUT2D eigenvalue weighted by Crippen LogP contribution is 2.23. The molecule has 0 aromatic carbocycles. The van der Waals surface area contributed by atoms with Crippen LogP contribution in [0.4, 0.5) is 0 Å². The Morgan fingerprint density at radius 1 is 1.62 bits per heavy atom. The fourth-order valence-corrected chi connectivity index (χ4v) is 1.77. The summed E-state index contributed by atoms with van der Waals surface area (Å²) >= 11 is 0. The molecule has 2 heterocycles. The van der Waals surface area contributed by atoms with Crippen LogP contribution in [0.3, 0.4) is 0 Å². The summed E-state index contributed by atoms with van der Waals surface area (Å²) in [4.78, 5) is 4.34. The molecule has 0 saturated carbocycles. The molecule has 0 aliphatic rings. The van der Waals surface area contributed by atoms with Crippen molar-refractivity contribution >= 4 is 22.9 Å². The molecule has 82 valence electrons. The van der Waals surface area contributed by atoms with Gasteiger partial charge in [0.1, 0.15) is 5.65 Å².